The van der Waals surface area contributed by atoms with Gasteiger partial charge in [-0.1, -0.05) is 30.3 Å². The largest absolute Gasteiger partial charge is 0.539 e. The summed E-state index contributed by atoms with van der Waals surface area (Å²) in [7, 11) is 0. The van der Waals surface area contributed by atoms with Gasteiger partial charge in [-0.05, 0) is 38.7 Å². The second-order valence-corrected chi connectivity index (χ2v) is 7.17. The summed E-state index contributed by atoms with van der Waals surface area (Å²) in [5.41, 5.74) is 1.89. The van der Waals surface area contributed by atoms with E-state index in [1.807, 2.05) is 18.2 Å². The SMILES string of the molecule is CC1CCCC(C)N1[n+]1noc([O-])c1CSCc1ccccc1. The monoisotopic (exact) mass is 333 g/mol. The van der Waals surface area contributed by atoms with Gasteiger partial charge in [-0.3, -0.25) is 0 Å². The predicted molar refractivity (Wildman–Crippen MR) is 88.6 cm³/mol. The van der Waals surface area contributed by atoms with E-state index >= 15 is 0 Å². The van der Waals surface area contributed by atoms with Crippen LogP contribution in [0.1, 0.15) is 44.4 Å². The Kier molecular flexibility index (Phi) is 5.10. The number of thioether (sulfide) groups is 1. The molecule has 2 heterocycles. The molecule has 0 bridgehead atoms. The van der Waals surface area contributed by atoms with Crippen molar-refractivity contribution in [2.75, 3.05) is 5.01 Å². The molecule has 6 heteroatoms. The lowest BCUT2D eigenvalue weighted by atomic mass is 10.00. The van der Waals surface area contributed by atoms with E-state index in [-0.39, 0.29) is 5.95 Å². The Hall–Kier alpha value is -1.69. The van der Waals surface area contributed by atoms with Crippen molar-refractivity contribution in [1.82, 2.24) is 5.27 Å². The molecule has 2 aromatic rings. The lowest BCUT2D eigenvalue weighted by Crippen LogP contribution is -2.69. The molecule has 2 atom stereocenters. The van der Waals surface area contributed by atoms with Gasteiger partial charge in [-0.25, -0.2) is 0 Å². The molecule has 2 unspecified atom stereocenters. The third-order valence-corrected chi connectivity index (χ3v) is 5.41. The zero-order valence-electron chi connectivity index (χ0n) is 13.6. The van der Waals surface area contributed by atoms with Gasteiger partial charge in [0.05, 0.1) is 17.8 Å². The molecule has 1 aliphatic rings. The van der Waals surface area contributed by atoms with Gasteiger partial charge in [-0.2, -0.15) is 0 Å². The van der Waals surface area contributed by atoms with Gasteiger partial charge >= 0.3 is 0 Å². The van der Waals surface area contributed by atoms with E-state index < -0.39 is 0 Å². The summed E-state index contributed by atoms with van der Waals surface area (Å²) in [6, 6.07) is 11.0. The average Bonchev–Trinajstić information content (AvgIpc) is 2.90. The summed E-state index contributed by atoms with van der Waals surface area (Å²) in [4.78, 5) is 1.72. The first kappa shape index (κ1) is 16.2. The summed E-state index contributed by atoms with van der Waals surface area (Å²) in [6.45, 7) is 4.37. The van der Waals surface area contributed by atoms with Gasteiger partial charge < -0.3 is 9.63 Å². The van der Waals surface area contributed by atoms with Gasteiger partial charge in [0.15, 0.2) is 5.95 Å². The molecule has 1 aliphatic heterocycles. The summed E-state index contributed by atoms with van der Waals surface area (Å²) >= 11 is 1.71. The Morgan fingerprint density at radius 1 is 1.22 bits per heavy atom. The number of hydrogen-bond acceptors (Lipinski definition) is 5. The number of benzene rings is 1. The molecule has 0 aliphatic carbocycles. The van der Waals surface area contributed by atoms with Crippen LogP contribution in [-0.4, -0.2) is 17.4 Å². The van der Waals surface area contributed by atoms with Crippen LogP contribution in [0.3, 0.4) is 0 Å². The maximum atomic E-state index is 12.0. The molecule has 0 spiro atoms. The van der Waals surface area contributed by atoms with Crippen molar-refractivity contribution in [3.05, 3.63) is 41.6 Å². The number of nitrogens with zero attached hydrogens (tertiary/aromatic N) is 3. The normalized spacial score (nSPS) is 21.6. The van der Waals surface area contributed by atoms with Gasteiger partial charge in [0, 0.05) is 10.5 Å². The molecule has 0 radical (unpaired) electrons. The van der Waals surface area contributed by atoms with Crippen molar-refractivity contribution in [2.24, 2.45) is 0 Å². The first-order valence-electron chi connectivity index (χ1n) is 8.15. The van der Waals surface area contributed by atoms with Crippen LogP contribution in [0.5, 0.6) is 5.95 Å². The van der Waals surface area contributed by atoms with Crippen LogP contribution in [0.2, 0.25) is 0 Å². The standard InChI is InChI=1S/C17H23N3O2S/c1-13-7-6-8-14(2)19(13)20-16(17(21)22-18-20)12-23-11-15-9-4-3-5-10-15/h3-5,9-10,13-14H,6-8,11-12H2,1-2H3. The van der Waals surface area contributed by atoms with Crippen molar-refractivity contribution < 1.29 is 14.4 Å². The summed E-state index contributed by atoms with van der Waals surface area (Å²) < 4.78 is 4.95. The maximum absolute atomic E-state index is 12.0. The fourth-order valence-corrected chi connectivity index (χ4v) is 4.14. The van der Waals surface area contributed by atoms with Crippen LogP contribution < -0.4 is 14.9 Å². The van der Waals surface area contributed by atoms with Crippen LogP contribution in [0.15, 0.2) is 34.9 Å². The zero-order valence-corrected chi connectivity index (χ0v) is 14.5. The highest BCUT2D eigenvalue weighted by molar-refractivity contribution is 7.97. The lowest BCUT2D eigenvalue weighted by molar-refractivity contribution is -0.771. The van der Waals surface area contributed by atoms with Gasteiger partial charge in [-0.15, -0.1) is 16.8 Å². The highest BCUT2D eigenvalue weighted by atomic mass is 32.2. The van der Waals surface area contributed by atoms with E-state index in [1.54, 1.807) is 16.6 Å². The van der Waals surface area contributed by atoms with E-state index in [0.717, 1.165) is 18.6 Å². The van der Waals surface area contributed by atoms with E-state index in [9.17, 15) is 5.11 Å². The zero-order chi connectivity index (χ0) is 16.2. The first-order valence-corrected chi connectivity index (χ1v) is 9.30. The van der Waals surface area contributed by atoms with Crippen molar-refractivity contribution in [3.63, 3.8) is 0 Å². The summed E-state index contributed by atoms with van der Waals surface area (Å²) in [5, 5.41) is 18.2. The van der Waals surface area contributed by atoms with E-state index in [1.165, 1.54) is 12.0 Å². The minimum Gasteiger partial charge on any atom is -0.539 e. The Labute approximate surface area is 141 Å². The number of hydrogen-bond donors (Lipinski definition) is 0. The third-order valence-electron chi connectivity index (χ3n) is 4.39. The average molecular weight is 333 g/mol. The number of aromatic nitrogens is 2. The molecule has 1 saturated heterocycles. The fourth-order valence-electron chi connectivity index (χ4n) is 3.18. The van der Waals surface area contributed by atoms with E-state index in [4.69, 9.17) is 4.52 Å². The minimum atomic E-state index is -0.324. The Morgan fingerprint density at radius 3 is 2.61 bits per heavy atom. The second-order valence-electron chi connectivity index (χ2n) is 6.18. The first-order chi connectivity index (χ1) is 11.2. The third kappa shape index (κ3) is 3.63. The Bertz CT molecular complexity index is 622. The molecule has 5 nitrogen and oxygen atoms in total. The molecule has 0 amide bonds. The Balaban J connectivity index is 1.71. The van der Waals surface area contributed by atoms with Crippen LogP contribution in [0, 0.1) is 0 Å². The van der Waals surface area contributed by atoms with E-state index in [0.29, 0.717) is 23.5 Å². The van der Waals surface area contributed by atoms with Crippen LogP contribution >= 0.6 is 11.8 Å². The molecule has 1 fully saturated rings. The van der Waals surface area contributed by atoms with Gasteiger partial charge in [0.25, 0.3) is 5.69 Å². The van der Waals surface area contributed by atoms with Crippen molar-refractivity contribution >= 4 is 11.8 Å². The quantitative estimate of drug-likeness (QED) is 0.786. The molecule has 124 valence electrons. The highest BCUT2D eigenvalue weighted by Gasteiger charge is 2.35. The second kappa shape index (κ2) is 7.25. The molecule has 23 heavy (non-hydrogen) atoms. The summed E-state index contributed by atoms with van der Waals surface area (Å²) in [6.07, 6.45) is 3.46. The predicted octanol–water partition coefficient (Wildman–Crippen LogP) is 2.37. The number of piperidine rings is 1. The topological polar surface area (TPSA) is 56.2 Å². The molecular formula is C17H23N3O2S. The van der Waals surface area contributed by atoms with Gasteiger partial charge in [0.2, 0.25) is 0 Å². The van der Waals surface area contributed by atoms with E-state index in [2.05, 4.69) is 36.3 Å². The minimum absolute atomic E-state index is 0.324. The summed E-state index contributed by atoms with van der Waals surface area (Å²) in [5.74, 6) is 1.15. The van der Waals surface area contributed by atoms with Crippen LogP contribution in [-0.2, 0) is 11.5 Å². The molecule has 1 aromatic heterocycles. The van der Waals surface area contributed by atoms with Crippen LogP contribution in [0.25, 0.3) is 0 Å². The molecular weight excluding hydrogens is 310 g/mol. The molecule has 0 N–H and O–H groups in total. The van der Waals surface area contributed by atoms with Crippen molar-refractivity contribution in [3.8, 4) is 5.95 Å². The molecule has 1 aromatic carbocycles. The van der Waals surface area contributed by atoms with Crippen molar-refractivity contribution in [1.29, 1.82) is 0 Å². The molecule has 0 saturated carbocycles. The number of rotatable bonds is 5. The lowest BCUT2D eigenvalue weighted by Gasteiger charge is -2.32. The maximum Gasteiger partial charge on any atom is 0.277 e. The molecule has 3 rings (SSSR count). The van der Waals surface area contributed by atoms with Crippen LogP contribution in [0.4, 0.5) is 0 Å². The van der Waals surface area contributed by atoms with Crippen molar-refractivity contribution in [2.45, 2.75) is 56.7 Å². The van der Waals surface area contributed by atoms with Gasteiger partial charge in [0.1, 0.15) is 5.27 Å². The smallest absolute Gasteiger partial charge is 0.277 e. The highest BCUT2D eigenvalue weighted by Crippen LogP contribution is 2.23. The fraction of sp³-hybridized carbons (Fsp3) is 0.529. The Morgan fingerprint density at radius 2 is 1.91 bits per heavy atom.